The third-order valence-electron chi connectivity index (χ3n) is 2.56. The molecule has 0 atom stereocenters. The number of nitro benzene ring substituents is 1. The monoisotopic (exact) mass is 231 g/mol. The molecule has 0 aliphatic carbocycles. The molecule has 1 aromatic heterocycles. The van der Waals surface area contributed by atoms with Gasteiger partial charge in [-0.3, -0.25) is 14.8 Å². The Morgan fingerprint density at radius 2 is 2.12 bits per heavy atom. The quantitative estimate of drug-likeness (QED) is 0.602. The molecule has 2 aromatic rings. The van der Waals surface area contributed by atoms with Crippen molar-refractivity contribution in [2.24, 2.45) is 0 Å². The van der Waals surface area contributed by atoms with Gasteiger partial charge in [-0.1, -0.05) is 12.1 Å². The summed E-state index contributed by atoms with van der Waals surface area (Å²) in [7, 11) is 0. The number of hydrogen-bond acceptors (Lipinski definition) is 3. The second-order valence-corrected chi connectivity index (χ2v) is 4.01. The van der Waals surface area contributed by atoms with Crippen molar-refractivity contribution in [1.82, 2.24) is 9.78 Å². The third kappa shape index (κ3) is 2.50. The molecule has 0 amide bonds. The maximum absolute atomic E-state index is 10.7. The van der Waals surface area contributed by atoms with Crippen LogP contribution in [0.3, 0.4) is 0 Å². The van der Waals surface area contributed by atoms with Crippen molar-refractivity contribution in [3.63, 3.8) is 0 Å². The Balaban J connectivity index is 2.27. The van der Waals surface area contributed by atoms with Crippen molar-refractivity contribution in [2.45, 2.75) is 20.4 Å². The SMILES string of the molecule is Cc1cc(C)n(Cc2cccc([N+](=O)[O-])c2)n1. The molecule has 1 aromatic carbocycles. The van der Waals surface area contributed by atoms with Crippen LogP contribution in [0.1, 0.15) is 17.0 Å². The molecule has 0 unspecified atom stereocenters. The van der Waals surface area contributed by atoms with Gasteiger partial charge in [0.25, 0.3) is 5.69 Å². The number of benzene rings is 1. The molecule has 88 valence electrons. The van der Waals surface area contributed by atoms with Crippen molar-refractivity contribution in [3.8, 4) is 0 Å². The minimum Gasteiger partial charge on any atom is -0.265 e. The number of nitrogens with zero attached hydrogens (tertiary/aromatic N) is 3. The summed E-state index contributed by atoms with van der Waals surface area (Å²) >= 11 is 0. The fraction of sp³-hybridized carbons (Fsp3) is 0.250. The van der Waals surface area contributed by atoms with E-state index < -0.39 is 0 Å². The molecular weight excluding hydrogens is 218 g/mol. The summed E-state index contributed by atoms with van der Waals surface area (Å²) in [6.07, 6.45) is 0. The normalized spacial score (nSPS) is 10.5. The van der Waals surface area contributed by atoms with Crippen molar-refractivity contribution in [1.29, 1.82) is 0 Å². The fourth-order valence-corrected chi connectivity index (χ4v) is 1.78. The zero-order valence-corrected chi connectivity index (χ0v) is 9.75. The Hall–Kier alpha value is -2.17. The first-order chi connectivity index (χ1) is 8.06. The van der Waals surface area contributed by atoms with Gasteiger partial charge in [0.05, 0.1) is 17.2 Å². The van der Waals surface area contributed by atoms with Gasteiger partial charge in [-0.05, 0) is 25.5 Å². The van der Waals surface area contributed by atoms with Gasteiger partial charge in [0.1, 0.15) is 0 Å². The summed E-state index contributed by atoms with van der Waals surface area (Å²) < 4.78 is 1.84. The molecular formula is C12H13N3O2. The van der Waals surface area contributed by atoms with Crippen LogP contribution in [-0.4, -0.2) is 14.7 Å². The summed E-state index contributed by atoms with van der Waals surface area (Å²) in [6, 6.07) is 8.61. The van der Waals surface area contributed by atoms with Crippen LogP contribution in [0.25, 0.3) is 0 Å². The Morgan fingerprint density at radius 3 is 2.71 bits per heavy atom. The van der Waals surface area contributed by atoms with Crippen LogP contribution in [0.2, 0.25) is 0 Å². The van der Waals surface area contributed by atoms with E-state index >= 15 is 0 Å². The zero-order chi connectivity index (χ0) is 12.4. The lowest BCUT2D eigenvalue weighted by Gasteiger charge is -2.04. The summed E-state index contributed by atoms with van der Waals surface area (Å²) in [5.74, 6) is 0. The minimum absolute atomic E-state index is 0.115. The van der Waals surface area contributed by atoms with E-state index in [9.17, 15) is 10.1 Å². The van der Waals surface area contributed by atoms with Crippen LogP contribution < -0.4 is 0 Å². The van der Waals surface area contributed by atoms with E-state index in [0.29, 0.717) is 6.54 Å². The van der Waals surface area contributed by atoms with Crippen LogP contribution >= 0.6 is 0 Å². The topological polar surface area (TPSA) is 61.0 Å². The molecule has 0 saturated carbocycles. The second kappa shape index (κ2) is 4.37. The Bertz CT molecular complexity index is 561. The molecule has 2 rings (SSSR count). The van der Waals surface area contributed by atoms with Crippen LogP contribution in [0.5, 0.6) is 0 Å². The first-order valence-corrected chi connectivity index (χ1v) is 5.30. The molecule has 1 heterocycles. The Kier molecular flexibility index (Phi) is 2.91. The number of non-ortho nitro benzene ring substituents is 1. The lowest BCUT2D eigenvalue weighted by atomic mass is 10.2. The average molecular weight is 231 g/mol. The highest BCUT2D eigenvalue weighted by Crippen LogP contribution is 2.14. The third-order valence-corrected chi connectivity index (χ3v) is 2.56. The molecule has 17 heavy (non-hydrogen) atoms. The van der Waals surface area contributed by atoms with Crippen molar-refractivity contribution < 1.29 is 4.92 Å². The molecule has 0 fully saturated rings. The van der Waals surface area contributed by atoms with E-state index in [1.807, 2.05) is 30.7 Å². The van der Waals surface area contributed by atoms with E-state index in [-0.39, 0.29) is 10.6 Å². The Morgan fingerprint density at radius 1 is 1.35 bits per heavy atom. The molecule has 0 N–H and O–H groups in total. The largest absolute Gasteiger partial charge is 0.269 e. The van der Waals surface area contributed by atoms with Gasteiger partial charge in [-0.15, -0.1) is 0 Å². The van der Waals surface area contributed by atoms with E-state index in [1.54, 1.807) is 12.1 Å². The number of nitro groups is 1. The van der Waals surface area contributed by atoms with Gasteiger partial charge in [-0.2, -0.15) is 5.10 Å². The maximum Gasteiger partial charge on any atom is 0.269 e. The number of rotatable bonds is 3. The first-order valence-electron chi connectivity index (χ1n) is 5.30. The molecule has 0 spiro atoms. The van der Waals surface area contributed by atoms with Crippen LogP contribution in [-0.2, 0) is 6.54 Å². The standard InChI is InChI=1S/C12H13N3O2/c1-9-6-10(2)14(13-9)8-11-4-3-5-12(7-11)15(16)17/h3-7H,8H2,1-2H3. The summed E-state index contributed by atoms with van der Waals surface area (Å²) in [4.78, 5) is 10.3. The maximum atomic E-state index is 10.7. The number of aryl methyl sites for hydroxylation is 2. The second-order valence-electron chi connectivity index (χ2n) is 4.01. The molecule has 5 heteroatoms. The van der Waals surface area contributed by atoms with Gasteiger partial charge in [0.15, 0.2) is 0 Å². The number of hydrogen-bond donors (Lipinski definition) is 0. The smallest absolute Gasteiger partial charge is 0.265 e. The molecule has 0 saturated heterocycles. The van der Waals surface area contributed by atoms with Gasteiger partial charge in [0, 0.05) is 17.8 Å². The first kappa shape index (κ1) is 11.3. The highest BCUT2D eigenvalue weighted by Gasteiger charge is 2.07. The van der Waals surface area contributed by atoms with Crippen molar-refractivity contribution in [2.75, 3.05) is 0 Å². The summed E-state index contributed by atoms with van der Waals surface area (Å²) in [5.41, 5.74) is 3.00. The predicted molar refractivity (Wildman–Crippen MR) is 63.9 cm³/mol. The number of aromatic nitrogens is 2. The van der Waals surface area contributed by atoms with Crippen LogP contribution in [0, 0.1) is 24.0 Å². The summed E-state index contributed by atoms with van der Waals surface area (Å²) in [6.45, 7) is 4.45. The van der Waals surface area contributed by atoms with E-state index in [2.05, 4.69) is 5.10 Å². The lowest BCUT2D eigenvalue weighted by molar-refractivity contribution is -0.384. The van der Waals surface area contributed by atoms with Crippen LogP contribution in [0.4, 0.5) is 5.69 Å². The molecule has 0 aliphatic heterocycles. The van der Waals surface area contributed by atoms with Gasteiger partial charge in [-0.25, -0.2) is 0 Å². The minimum atomic E-state index is -0.384. The molecule has 0 bridgehead atoms. The van der Waals surface area contributed by atoms with Crippen molar-refractivity contribution in [3.05, 3.63) is 57.4 Å². The van der Waals surface area contributed by atoms with Gasteiger partial charge < -0.3 is 0 Å². The van der Waals surface area contributed by atoms with E-state index in [4.69, 9.17) is 0 Å². The van der Waals surface area contributed by atoms with Crippen molar-refractivity contribution >= 4 is 5.69 Å². The fourth-order valence-electron chi connectivity index (χ4n) is 1.78. The average Bonchev–Trinajstić information content (AvgIpc) is 2.58. The predicted octanol–water partition coefficient (Wildman–Crippen LogP) is 2.46. The highest BCUT2D eigenvalue weighted by atomic mass is 16.6. The van der Waals surface area contributed by atoms with Gasteiger partial charge in [0.2, 0.25) is 0 Å². The van der Waals surface area contributed by atoms with E-state index in [1.165, 1.54) is 6.07 Å². The lowest BCUT2D eigenvalue weighted by Crippen LogP contribution is -2.04. The molecule has 0 radical (unpaired) electrons. The zero-order valence-electron chi connectivity index (χ0n) is 9.75. The van der Waals surface area contributed by atoms with E-state index in [0.717, 1.165) is 17.0 Å². The summed E-state index contributed by atoms with van der Waals surface area (Å²) in [5, 5.41) is 15.0. The van der Waals surface area contributed by atoms with Gasteiger partial charge >= 0.3 is 0 Å². The highest BCUT2D eigenvalue weighted by molar-refractivity contribution is 5.34. The molecule has 5 nitrogen and oxygen atoms in total. The Labute approximate surface area is 98.8 Å². The van der Waals surface area contributed by atoms with Crippen LogP contribution in [0.15, 0.2) is 30.3 Å². The molecule has 0 aliphatic rings.